The average Bonchev–Trinajstić information content (AvgIpc) is 2.26. The lowest BCUT2D eigenvalue weighted by Crippen LogP contribution is -2.18. The molecule has 0 atom stereocenters. The van der Waals surface area contributed by atoms with E-state index in [4.69, 9.17) is 4.42 Å². The smallest absolute Gasteiger partial charge is 0.336 e. The van der Waals surface area contributed by atoms with E-state index in [1.165, 1.54) is 6.07 Å². The molecule has 18 heavy (non-hydrogen) atoms. The zero-order chi connectivity index (χ0) is 13.3. The van der Waals surface area contributed by atoms with Gasteiger partial charge in [0.25, 0.3) is 0 Å². The normalized spacial score (nSPS) is 10.6. The van der Waals surface area contributed by atoms with Crippen molar-refractivity contribution >= 4 is 16.7 Å². The zero-order valence-electron chi connectivity index (χ0n) is 11.0. The fourth-order valence-corrected chi connectivity index (χ4v) is 2.05. The van der Waals surface area contributed by atoms with Gasteiger partial charge in [-0.05, 0) is 31.5 Å². The standard InChI is InChI=1S/C15H17NO2/c1-10(2)9-16(4)12-5-6-13-11(3)7-15(17)18-14(13)8-12/h5-8H,1,9H2,2-4H3. The van der Waals surface area contributed by atoms with Crippen LogP contribution in [0.5, 0.6) is 0 Å². The Hall–Kier alpha value is -2.03. The Kier molecular flexibility index (Phi) is 3.24. The summed E-state index contributed by atoms with van der Waals surface area (Å²) >= 11 is 0. The largest absolute Gasteiger partial charge is 0.423 e. The number of nitrogens with zero attached hydrogens (tertiary/aromatic N) is 1. The number of likely N-dealkylation sites (N-methyl/N-ethyl adjacent to an activating group) is 1. The molecule has 0 unspecified atom stereocenters. The van der Waals surface area contributed by atoms with Gasteiger partial charge in [0.05, 0.1) is 0 Å². The summed E-state index contributed by atoms with van der Waals surface area (Å²) in [7, 11) is 1.99. The molecule has 0 amide bonds. The highest BCUT2D eigenvalue weighted by atomic mass is 16.4. The minimum atomic E-state index is -0.306. The van der Waals surface area contributed by atoms with E-state index in [0.717, 1.165) is 28.8 Å². The molecule has 0 aliphatic carbocycles. The third kappa shape index (κ3) is 2.45. The van der Waals surface area contributed by atoms with Gasteiger partial charge < -0.3 is 9.32 Å². The summed E-state index contributed by atoms with van der Waals surface area (Å²) in [4.78, 5) is 13.4. The van der Waals surface area contributed by atoms with Crippen LogP contribution >= 0.6 is 0 Å². The van der Waals surface area contributed by atoms with Crippen LogP contribution in [0.2, 0.25) is 0 Å². The summed E-state index contributed by atoms with van der Waals surface area (Å²) in [6.45, 7) is 8.58. The van der Waals surface area contributed by atoms with Crippen molar-refractivity contribution in [3.8, 4) is 0 Å². The van der Waals surface area contributed by atoms with Crippen LogP contribution in [-0.2, 0) is 0 Å². The van der Waals surface area contributed by atoms with Gasteiger partial charge in [-0.1, -0.05) is 12.2 Å². The molecule has 1 aromatic heterocycles. The van der Waals surface area contributed by atoms with Crippen LogP contribution in [-0.4, -0.2) is 13.6 Å². The van der Waals surface area contributed by atoms with Crippen LogP contribution in [0, 0.1) is 6.92 Å². The molecule has 0 saturated heterocycles. The van der Waals surface area contributed by atoms with E-state index in [1.807, 2.05) is 39.1 Å². The van der Waals surface area contributed by atoms with Crippen molar-refractivity contribution in [3.63, 3.8) is 0 Å². The predicted molar refractivity (Wildman–Crippen MR) is 75.3 cm³/mol. The Morgan fingerprint density at radius 3 is 2.78 bits per heavy atom. The predicted octanol–water partition coefficient (Wildman–Crippen LogP) is 3.11. The Balaban J connectivity index is 2.50. The monoisotopic (exact) mass is 243 g/mol. The van der Waals surface area contributed by atoms with E-state index in [0.29, 0.717) is 5.58 Å². The number of rotatable bonds is 3. The van der Waals surface area contributed by atoms with Crippen molar-refractivity contribution in [1.82, 2.24) is 0 Å². The lowest BCUT2D eigenvalue weighted by Gasteiger charge is -2.19. The molecule has 1 heterocycles. The van der Waals surface area contributed by atoms with Gasteiger partial charge in [-0.15, -0.1) is 0 Å². The number of benzene rings is 1. The number of fused-ring (bicyclic) bond motifs is 1. The number of hydrogen-bond donors (Lipinski definition) is 0. The van der Waals surface area contributed by atoms with Crippen molar-refractivity contribution in [2.24, 2.45) is 0 Å². The molecule has 2 aromatic rings. The molecule has 0 saturated carbocycles. The van der Waals surface area contributed by atoms with Gasteiger partial charge in [-0.3, -0.25) is 0 Å². The third-order valence-electron chi connectivity index (χ3n) is 2.88. The molecule has 3 nitrogen and oxygen atoms in total. The van der Waals surface area contributed by atoms with Crippen molar-refractivity contribution < 1.29 is 4.42 Å². The molecule has 94 valence electrons. The molecule has 0 N–H and O–H groups in total. The number of aryl methyl sites for hydroxylation is 1. The second kappa shape index (κ2) is 4.69. The van der Waals surface area contributed by atoms with E-state index in [-0.39, 0.29) is 5.63 Å². The second-order valence-electron chi connectivity index (χ2n) is 4.74. The van der Waals surface area contributed by atoms with Gasteiger partial charge in [0.1, 0.15) is 5.58 Å². The topological polar surface area (TPSA) is 33.5 Å². The second-order valence-corrected chi connectivity index (χ2v) is 4.74. The van der Waals surface area contributed by atoms with Crippen molar-refractivity contribution in [1.29, 1.82) is 0 Å². The fraction of sp³-hybridized carbons (Fsp3) is 0.267. The Morgan fingerprint density at radius 1 is 1.39 bits per heavy atom. The summed E-state index contributed by atoms with van der Waals surface area (Å²) in [5.41, 5.74) is 3.36. The summed E-state index contributed by atoms with van der Waals surface area (Å²) in [5.74, 6) is 0. The zero-order valence-corrected chi connectivity index (χ0v) is 11.0. The van der Waals surface area contributed by atoms with Gasteiger partial charge in [0.15, 0.2) is 0 Å². The molecule has 0 spiro atoms. The van der Waals surface area contributed by atoms with Gasteiger partial charge in [0, 0.05) is 36.8 Å². The first-order valence-corrected chi connectivity index (χ1v) is 5.87. The van der Waals surface area contributed by atoms with E-state index < -0.39 is 0 Å². The summed E-state index contributed by atoms with van der Waals surface area (Å²) in [6, 6.07) is 7.42. The van der Waals surface area contributed by atoms with Crippen molar-refractivity contribution in [3.05, 3.63) is 52.4 Å². The van der Waals surface area contributed by atoms with Crippen LogP contribution in [0.4, 0.5) is 5.69 Å². The molecule has 0 radical (unpaired) electrons. The number of hydrogen-bond acceptors (Lipinski definition) is 3. The SMILES string of the molecule is C=C(C)CN(C)c1ccc2c(C)cc(=O)oc2c1. The summed E-state index contributed by atoms with van der Waals surface area (Å²) < 4.78 is 5.23. The van der Waals surface area contributed by atoms with Crippen LogP contribution in [0.15, 0.2) is 45.6 Å². The van der Waals surface area contributed by atoms with Crippen LogP contribution in [0.3, 0.4) is 0 Å². The Morgan fingerprint density at radius 2 is 2.11 bits per heavy atom. The molecule has 0 aliphatic rings. The Bertz CT molecular complexity index is 655. The average molecular weight is 243 g/mol. The fourth-order valence-electron chi connectivity index (χ4n) is 2.05. The van der Waals surface area contributed by atoms with Crippen molar-refractivity contribution in [2.45, 2.75) is 13.8 Å². The third-order valence-corrected chi connectivity index (χ3v) is 2.88. The first-order valence-electron chi connectivity index (χ1n) is 5.87. The molecule has 0 bridgehead atoms. The first kappa shape index (κ1) is 12.4. The highest BCUT2D eigenvalue weighted by molar-refractivity contribution is 5.83. The first-order chi connectivity index (χ1) is 8.47. The van der Waals surface area contributed by atoms with E-state index in [2.05, 4.69) is 11.5 Å². The molecular formula is C15H17NO2. The maximum Gasteiger partial charge on any atom is 0.336 e. The van der Waals surface area contributed by atoms with Crippen LogP contribution in [0.1, 0.15) is 12.5 Å². The van der Waals surface area contributed by atoms with Gasteiger partial charge in [0.2, 0.25) is 0 Å². The molecular weight excluding hydrogens is 226 g/mol. The maximum atomic E-state index is 11.4. The molecule has 3 heteroatoms. The van der Waals surface area contributed by atoms with Crippen LogP contribution < -0.4 is 10.5 Å². The highest BCUT2D eigenvalue weighted by Crippen LogP contribution is 2.23. The van der Waals surface area contributed by atoms with Gasteiger partial charge in [-0.2, -0.15) is 0 Å². The minimum absolute atomic E-state index is 0.306. The molecule has 0 fully saturated rings. The quantitative estimate of drug-likeness (QED) is 0.613. The lowest BCUT2D eigenvalue weighted by molar-refractivity contribution is 0.560. The molecule has 1 aromatic carbocycles. The molecule has 0 aliphatic heterocycles. The van der Waals surface area contributed by atoms with E-state index in [9.17, 15) is 4.79 Å². The van der Waals surface area contributed by atoms with Gasteiger partial charge in [-0.25, -0.2) is 4.79 Å². The van der Waals surface area contributed by atoms with E-state index >= 15 is 0 Å². The highest BCUT2D eigenvalue weighted by Gasteiger charge is 2.06. The van der Waals surface area contributed by atoms with Crippen LogP contribution in [0.25, 0.3) is 11.0 Å². The maximum absolute atomic E-state index is 11.4. The number of anilines is 1. The van der Waals surface area contributed by atoms with E-state index in [1.54, 1.807) is 0 Å². The summed E-state index contributed by atoms with van der Waals surface area (Å²) in [5, 5.41) is 0.974. The summed E-state index contributed by atoms with van der Waals surface area (Å²) in [6.07, 6.45) is 0. The Labute approximate surface area is 106 Å². The minimum Gasteiger partial charge on any atom is -0.423 e. The van der Waals surface area contributed by atoms with Gasteiger partial charge >= 0.3 is 5.63 Å². The van der Waals surface area contributed by atoms with Crippen molar-refractivity contribution in [2.75, 3.05) is 18.5 Å². The molecule has 2 rings (SSSR count). The lowest BCUT2D eigenvalue weighted by atomic mass is 10.1.